The van der Waals surface area contributed by atoms with Gasteiger partial charge in [0, 0.05) is 25.7 Å². The zero-order valence-corrected chi connectivity index (χ0v) is 11.4. The molecule has 2 nitrogen and oxygen atoms in total. The molecule has 2 heteroatoms. The SMILES string of the molecule is C=CCN(C)CCNC1CCc2ccccc2C1. The molecule has 0 fully saturated rings. The first-order valence-electron chi connectivity index (χ1n) is 6.89. The lowest BCUT2D eigenvalue weighted by atomic mass is 9.88. The molecule has 1 unspecified atom stereocenters. The predicted molar refractivity (Wildman–Crippen MR) is 78.0 cm³/mol. The summed E-state index contributed by atoms with van der Waals surface area (Å²) >= 11 is 0. The quantitative estimate of drug-likeness (QED) is 0.772. The van der Waals surface area contributed by atoms with E-state index in [4.69, 9.17) is 0 Å². The largest absolute Gasteiger partial charge is 0.312 e. The van der Waals surface area contributed by atoms with E-state index in [9.17, 15) is 0 Å². The Kier molecular flexibility index (Phi) is 4.97. The van der Waals surface area contributed by atoms with Crippen LogP contribution in [0.5, 0.6) is 0 Å². The normalized spacial score (nSPS) is 18.7. The maximum absolute atomic E-state index is 3.76. The van der Waals surface area contributed by atoms with Crippen LogP contribution in [-0.4, -0.2) is 37.6 Å². The van der Waals surface area contributed by atoms with E-state index in [0.29, 0.717) is 6.04 Å². The van der Waals surface area contributed by atoms with Crippen LogP contribution in [-0.2, 0) is 12.8 Å². The van der Waals surface area contributed by atoms with Crippen LogP contribution >= 0.6 is 0 Å². The van der Waals surface area contributed by atoms with Crippen molar-refractivity contribution in [2.75, 3.05) is 26.7 Å². The Morgan fingerprint density at radius 1 is 1.39 bits per heavy atom. The van der Waals surface area contributed by atoms with Crippen LogP contribution in [0.2, 0.25) is 0 Å². The standard InChI is InChI=1S/C16H24N2/c1-3-11-18(2)12-10-17-16-9-8-14-6-4-5-7-15(14)13-16/h3-7,16-17H,1,8-13H2,2H3. The maximum Gasteiger partial charge on any atom is 0.0158 e. The van der Waals surface area contributed by atoms with Gasteiger partial charge in [-0.1, -0.05) is 30.3 Å². The van der Waals surface area contributed by atoms with Crippen LogP contribution in [0.15, 0.2) is 36.9 Å². The molecule has 0 amide bonds. The van der Waals surface area contributed by atoms with Gasteiger partial charge in [-0.2, -0.15) is 0 Å². The Balaban J connectivity index is 1.75. The van der Waals surface area contributed by atoms with E-state index in [0.717, 1.165) is 19.6 Å². The van der Waals surface area contributed by atoms with Gasteiger partial charge < -0.3 is 10.2 Å². The second-order valence-corrected chi connectivity index (χ2v) is 5.21. The van der Waals surface area contributed by atoms with Gasteiger partial charge in [-0.25, -0.2) is 0 Å². The van der Waals surface area contributed by atoms with Gasteiger partial charge in [-0.15, -0.1) is 6.58 Å². The van der Waals surface area contributed by atoms with E-state index >= 15 is 0 Å². The smallest absolute Gasteiger partial charge is 0.0158 e. The summed E-state index contributed by atoms with van der Waals surface area (Å²) in [6, 6.07) is 9.49. The molecule has 0 radical (unpaired) electrons. The zero-order chi connectivity index (χ0) is 12.8. The molecule has 1 aliphatic carbocycles. The number of rotatable bonds is 6. The van der Waals surface area contributed by atoms with Gasteiger partial charge >= 0.3 is 0 Å². The number of fused-ring (bicyclic) bond motifs is 1. The lowest BCUT2D eigenvalue weighted by molar-refractivity contribution is 0.346. The summed E-state index contributed by atoms with van der Waals surface area (Å²) in [7, 11) is 2.14. The molecule has 1 aliphatic rings. The summed E-state index contributed by atoms with van der Waals surface area (Å²) < 4.78 is 0. The Morgan fingerprint density at radius 2 is 2.17 bits per heavy atom. The van der Waals surface area contributed by atoms with Crippen molar-refractivity contribution in [3.63, 3.8) is 0 Å². The summed E-state index contributed by atoms with van der Waals surface area (Å²) in [5.41, 5.74) is 3.07. The van der Waals surface area contributed by atoms with Crippen molar-refractivity contribution in [3.8, 4) is 0 Å². The number of hydrogen-bond acceptors (Lipinski definition) is 2. The molecular weight excluding hydrogens is 220 g/mol. The topological polar surface area (TPSA) is 15.3 Å². The van der Waals surface area contributed by atoms with Gasteiger partial charge in [0.05, 0.1) is 0 Å². The third kappa shape index (κ3) is 3.69. The Morgan fingerprint density at radius 3 is 2.94 bits per heavy atom. The van der Waals surface area contributed by atoms with Gasteiger partial charge in [-0.3, -0.25) is 0 Å². The molecule has 0 bridgehead atoms. The summed E-state index contributed by atoms with van der Waals surface area (Å²) in [6.07, 6.45) is 5.62. The minimum absolute atomic E-state index is 0.650. The number of nitrogens with one attached hydrogen (secondary N) is 1. The summed E-state index contributed by atoms with van der Waals surface area (Å²) in [5, 5.41) is 3.68. The molecular formula is C16H24N2. The number of likely N-dealkylation sites (N-methyl/N-ethyl adjacent to an activating group) is 1. The van der Waals surface area contributed by atoms with Crippen molar-refractivity contribution in [2.45, 2.75) is 25.3 Å². The highest BCUT2D eigenvalue weighted by molar-refractivity contribution is 5.30. The second kappa shape index (κ2) is 6.72. The molecule has 1 aromatic carbocycles. The summed E-state index contributed by atoms with van der Waals surface area (Å²) in [6.45, 7) is 6.88. The van der Waals surface area contributed by atoms with Crippen LogP contribution < -0.4 is 5.32 Å². The highest BCUT2D eigenvalue weighted by atomic mass is 15.1. The first kappa shape index (κ1) is 13.3. The molecule has 18 heavy (non-hydrogen) atoms. The van der Waals surface area contributed by atoms with Crippen molar-refractivity contribution >= 4 is 0 Å². The molecule has 0 spiro atoms. The molecule has 0 saturated carbocycles. The van der Waals surface area contributed by atoms with E-state index in [1.54, 1.807) is 5.56 Å². The minimum Gasteiger partial charge on any atom is -0.312 e. The maximum atomic E-state index is 3.76. The number of benzene rings is 1. The highest BCUT2D eigenvalue weighted by Gasteiger charge is 2.17. The Bertz CT molecular complexity index is 386. The number of nitrogens with zero attached hydrogens (tertiary/aromatic N) is 1. The molecule has 0 aromatic heterocycles. The average molecular weight is 244 g/mol. The molecule has 1 aromatic rings. The monoisotopic (exact) mass is 244 g/mol. The van der Waals surface area contributed by atoms with E-state index < -0.39 is 0 Å². The first-order chi connectivity index (χ1) is 8.79. The highest BCUT2D eigenvalue weighted by Crippen LogP contribution is 2.20. The summed E-state index contributed by atoms with van der Waals surface area (Å²) in [4.78, 5) is 2.29. The van der Waals surface area contributed by atoms with Crippen molar-refractivity contribution < 1.29 is 0 Å². The fourth-order valence-electron chi connectivity index (χ4n) is 2.64. The molecule has 0 saturated heterocycles. The zero-order valence-electron chi connectivity index (χ0n) is 11.4. The van der Waals surface area contributed by atoms with E-state index in [1.165, 1.54) is 24.8 Å². The number of aryl methyl sites for hydroxylation is 1. The van der Waals surface area contributed by atoms with E-state index in [-0.39, 0.29) is 0 Å². The molecule has 0 heterocycles. The molecule has 98 valence electrons. The molecule has 0 aliphatic heterocycles. The first-order valence-corrected chi connectivity index (χ1v) is 6.89. The van der Waals surface area contributed by atoms with Gasteiger partial charge in [0.1, 0.15) is 0 Å². The van der Waals surface area contributed by atoms with Gasteiger partial charge in [0.25, 0.3) is 0 Å². The average Bonchev–Trinajstić information content (AvgIpc) is 2.39. The van der Waals surface area contributed by atoms with Crippen molar-refractivity contribution in [3.05, 3.63) is 48.0 Å². The number of hydrogen-bond donors (Lipinski definition) is 1. The van der Waals surface area contributed by atoms with E-state index in [2.05, 4.69) is 48.1 Å². The second-order valence-electron chi connectivity index (χ2n) is 5.21. The lowest BCUT2D eigenvalue weighted by Gasteiger charge is -2.26. The fourth-order valence-corrected chi connectivity index (χ4v) is 2.64. The minimum atomic E-state index is 0.650. The Labute approximate surface area is 111 Å². The Hall–Kier alpha value is -1.12. The van der Waals surface area contributed by atoms with Gasteiger partial charge in [0.2, 0.25) is 0 Å². The van der Waals surface area contributed by atoms with Crippen molar-refractivity contribution in [2.24, 2.45) is 0 Å². The lowest BCUT2D eigenvalue weighted by Crippen LogP contribution is -2.39. The van der Waals surface area contributed by atoms with Crippen LogP contribution in [0.4, 0.5) is 0 Å². The third-order valence-electron chi connectivity index (χ3n) is 3.71. The van der Waals surface area contributed by atoms with Gasteiger partial charge in [-0.05, 0) is 37.4 Å². The molecule has 1 N–H and O–H groups in total. The van der Waals surface area contributed by atoms with E-state index in [1.807, 2.05) is 6.08 Å². The molecule has 1 atom stereocenters. The predicted octanol–water partition coefficient (Wildman–Crippen LogP) is 2.25. The van der Waals surface area contributed by atoms with Gasteiger partial charge in [0.15, 0.2) is 0 Å². The van der Waals surface area contributed by atoms with Crippen LogP contribution in [0.3, 0.4) is 0 Å². The van der Waals surface area contributed by atoms with Crippen molar-refractivity contribution in [1.82, 2.24) is 10.2 Å². The summed E-state index contributed by atoms with van der Waals surface area (Å²) in [5.74, 6) is 0. The van der Waals surface area contributed by atoms with Crippen molar-refractivity contribution in [1.29, 1.82) is 0 Å². The van der Waals surface area contributed by atoms with Crippen LogP contribution in [0.25, 0.3) is 0 Å². The third-order valence-corrected chi connectivity index (χ3v) is 3.71. The fraction of sp³-hybridized carbons (Fsp3) is 0.500. The van der Waals surface area contributed by atoms with Crippen LogP contribution in [0, 0.1) is 0 Å². The van der Waals surface area contributed by atoms with Crippen LogP contribution in [0.1, 0.15) is 17.5 Å². The molecule has 2 rings (SSSR count).